The predicted octanol–water partition coefficient (Wildman–Crippen LogP) is 2.34. The van der Waals surface area contributed by atoms with Crippen LogP contribution in [0.2, 0.25) is 0 Å². The molecule has 2 aromatic rings. The van der Waals surface area contributed by atoms with Crippen molar-refractivity contribution in [3.05, 3.63) is 70.7 Å². The van der Waals surface area contributed by atoms with E-state index >= 15 is 0 Å². The lowest BCUT2D eigenvalue weighted by atomic mass is 9.99. The average Bonchev–Trinajstić information content (AvgIpc) is 3.01. The molecule has 2 heterocycles. The highest BCUT2D eigenvalue weighted by Crippen LogP contribution is 2.35. The Kier molecular flexibility index (Phi) is 5.89. The maximum Gasteiger partial charge on any atom is 0.282 e. The molecular formula is C24H26FN3O3. The van der Waals surface area contributed by atoms with Gasteiger partial charge >= 0.3 is 0 Å². The van der Waals surface area contributed by atoms with Gasteiger partial charge in [-0.15, -0.1) is 0 Å². The van der Waals surface area contributed by atoms with Gasteiger partial charge in [0.1, 0.15) is 11.5 Å². The number of hydrogen-bond donors (Lipinski definition) is 1. The van der Waals surface area contributed by atoms with E-state index in [1.165, 1.54) is 18.2 Å². The summed E-state index contributed by atoms with van der Waals surface area (Å²) in [7, 11) is 0. The van der Waals surface area contributed by atoms with Gasteiger partial charge in [-0.3, -0.25) is 14.5 Å². The summed E-state index contributed by atoms with van der Waals surface area (Å²) in [6, 6.07) is 11.3. The van der Waals surface area contributed by atoms with Crippen LogP contribution in [-0.4, -0.2) is 66.1 Å². The van der Waals surface area contributed by atoms with Crippen LogP contribution in [0.1, 0.15) is 16.7 Å². The summed E-state index contributed by atoms with van der Waals surface area (Å²) in [5.41, 5.74) is 3.76. The van der Waals surface area contributed by atoms with Gasteiger partial charge in [0, 0.05) is 32.7 Å². The second-order valence-corrected chi connectivity index (χ2v) is 8.00. The van der Waals surface area contributed by atoms with E-state index in [0.717, 1.165) is 16.0 Å². The molecule has 2 aliphatic heterocycles. The SMILES string of the molecule is Cc1ccc(C2=C(N3CCN(CCO)CC3)C(=O)N(c3cccc(F)c3)C2=O)cc1C. The zero-order valence-corrected chi connectivity index (χ0v) is 17.8. The maximum atomic E-state index is 13.9. The predicted molar refractivity (Wildman–Crippen MR) is 117 cm³/mol. The molecule has 0 bridgehead atoms. The Labute approximate surface area is 181 Å². The van der Waals surface area contributed by atoms with E-state index in [-0.39, 0.29) is 12.3 Å². The highest BCUT2D eigenvalue weighted by molar-refractivity contribution is 6.45. The molecule has 1 saturated heterocycles. The Balaban J connectivity index is 1.77. The molecule has 0 aliphatic carbocycles. The zero-order chi connectivity index (χ0) is 22.1. The van der Waals surface area contributed by atoms with Crippen LogP contribution in [0.3, 0.4) is 0 Å². The molecule has 0 radical (unpaired) electrons. The van der Waals surface area contributed by atoms with Gasteiger partial charge in [-0.05, 0) is 48.7 Å². The number of imide groups is 1. The number of nitrogens with zero attached hydrogens (tertiary/aromatic N) is 3. The van der Waals surface area contributed by atoms with Crippen LogP contribution in [-0.2, 0) is 9.59 Å². The van der Waals surface area contributed by atoms with E-state index < -0.39 is 17.6 Å². The van der Waals surface area contributed by atoms with Crippen molar-refractivity contribution in [2.24, 2.45) is 0 Å². The van der Waals surface area contributed by atoms with Crippen LogP contribution in [0.4, 0.5) is 10.1 Å². The molecule has 7 heteroatoms. The molecule has 1 fully saturated rings. The maximum absolute atomic E-state index is 13.9. The van der Waals surface area contributed by atoms with E-state index in [4.69, 9.17) is 0 Å². The lowest BCUT2D eigenvalue weighted by molar-refractivity contribution is -0.120. The molecule has 0 saturated carbocycles. The second-order valence-electron chi connectivity index (χ2n) is 8.00. The number of anilines is 1. The van der Waals surface area contributed by atoms with Gasteiger partial charge in [0.25, 0.3) is 11.8 Å². The van der Waals surface area contributed by atoms with Gasteiger partial charge in [0.15, 0.2) is 0 Å². The van der Waals surface area contributed by atoms with Crippen molar-refractivity contribution in [3.63, 3.8) is 0 Å². The van der Waals surface area contributed by atoms with Crippen molar-refractivity contribution in [1.82, 2.24) is 9.80 Å². The molecule has 0 aromatic heterocycles. The molecule has 0 unspecified atom stereocenters. The minimum Gasteiger partial charge on any atom is -0.395 e. The number of carbonyl (C=O) groups is 2. The molecule has 2 aromatic carbocycles. The number of rotatable bonds is 5. The summed E-state index contributed by atoms with van der Waals surface area (Å²) in [6.45, 7) is 7.14. The first kappa shape index (κ1) is 21.2. The largest absolute Gasteiger partial charge is 0.395 e. The van der Waals surface area contributed by atoms with E-state index in [0.29, 0.717) is 49.6 Å². The summed E-state index contributed by atoms with van der Waals surface area (Å²) in [6.07, 6.45) is 0. The van der Waals surface area contributed by atoms with E-state index in [9.17, 15) is 19.1 Å². The van der Waals surface area contributed by atoms with Gasteiger partial charge in [-0.2, -0.15) is 0 Å². The number of aliphatic hydroxyl groups is 1. The molecular weight excluding hydrogens is 397 g/mol. The highest BCUT2D eigenvalue weighted by Gasteiger charge is 2.43. The van der Waals surface area contributed by atoms with Crippen molar-refractivity contribution in [2.75, 3.05) is 44.2 Å². The number of benzene rings is 2. The van der Waals surface area contributed by atoms with E-state index in [2.05, 4.69) is 4.90 Å². The summed E-state index contributed by atoms with van der Waals surface area (Å²) in [4.78, 5) is 32.1. The van der Waals surface area contributed by atoms with Crippen LogP contribution < -0.4 is 4.90 Å². The summed E-state index contributed by atoms with van der Waals surface area (Å²) >= 11 is 0. The first-order valence-electron chi connectivity index (χ1n) is 10.4. The first-order chi connectivity index (χ1) is 14.9. The lowest BCUT2D eigenvalue weighted by Crippen LogP contribution is -2.48. The molecule has 1 N–H and O–H groups in total. The van der Waals surface area contributed by atoms with Crippen LogP contribution in [0.25, 0.3) is 5.57 Å². The molecule has 0 spiro atoms. The van der Waals surface area contributed by atoms with Crippen molar-refractivity contribution >= 4 is 23.1 Å². The molecule has 162 valence electrons. The topological polar surface area (TPSA) is 64.1 Å². The van der Waals surface area contributed by atoms with E-state index in [1.54, 1.807) is 6.07 Å². The second kappa shape index (κ2) is 8.61. The molecule has 2 amide bonds. The van der Waals surface area contributed by atoms with Crippen LogP contribution in [0.5, 0.6) is 0 Å². The number of aryl methyl sites for hydroxylation is 2. The smallest absolute Gasteiger partial charge is 0.282 e. The third kappa shape index (κ3) is 3.98. The Morgan fingerprint density at radius 3 is 2.32 bits per heavy atom. The number of hydrogen-bond acceptors (Lipinski definition) is 5. The molecule has 2 aliphatic rings. The zero-order valence-electron chi connectivity index (χ0n) is 17.8. The van der Waals surface area contributed by atoms with Crippen molar-refractivity contribution in [2.45, 2.75) is 13.8 Å². The molecule has 6 nitrogen and oxygen atoms in total. The number of piperazine rings is 1. The minimum absolute atomic E-state index is 0.0847. The normalized spacial score (nSPS) is 17.8. The summed E-state index contributed by atoms with van der Waals surface area (Å²) in [5.74, 6) is -1.37. The average molecular weight is 423 g/mol. The Bertz CT molecular complexity index is 1060. The number of carbonyl (C=O) groups excluding carboxylic acids is 2. The number of aliphatic hydroxyl groups excluding tert-OH is 1. The van der Waals surface area contributed by atoms with Gasteiger partial charge in [-0.25, -0.2) is 9.29 Å². The van der Waals surface area contributed by atoms with Crippen LogP contribution in [0.15, 0.2) is 48.2 Å². The van der Waals surface area contributed by atoms with Crippen molar-refractivity contribution < 1.29 is 19.1 Å². The fourth-order valence-corrected chi connectivity index (χ4v) is 4.15. The first-order valence-corrected chi connectivity index (χ1v) is 10.4. The standard InChI is InChI=1S/C24H26FN3O3/c1-16-6-7-18(14-17(16)2)21-22(27-10-8-26(9-11-27)12-13-29)24(31)28(23(21)30)20-5-3-4-19(25)15-20/h3-7,14-15,29H,8-13H2,1-2H3. The number of amides is 2. The third-order valence-corrected chi connectivity index (χ3v) is 6.03. The molecule has 31 heavy (non-hydrogen) atoms. The quantitative estimate of drug-likeness (QED) is 0.748. The summed E-state index contributed by atoms with van der Waals surface area (Å²) in [5, 5.41) is 9.19. The Morgan fingerprint density at radius 2 is 1.68 bits per heavy atom. The summed E-state index contributed by atoms with van der Waals surface area (Å²) < 4.78 is 13.9. The van der Waals surface area contributed by atoms with E-state index in [1.807, 2.05) is 36.9 Å². The highest BCUT2D eigenvalue weighted by atomic mass is 19.1. The molecule has 0 atom stereocenters. The number of β-amino-alcohol motifs (C(OH)–C–C–N with tert-alkyl or cyclic N) is 1. The van der Waals surface area contributed by atoms with Crippen molar-refractivity contribution in [3.8, 4) is 0 Å². The van der Waals surface area contributed by atoms with Gasteiger partial charge < -0.3 is 10.0 Å². The fourth-order valence-electron chi connectivity index (χ4n) is 4.15. The fraction of sp³-hybridized carbons (Fsp3) is 0.333. The minimum atomic E-state index is -0.503. The van der Waals surface area contributed by atoms with Crippen molar-refractivity contribution in [1.29, 1.82) is 0 Å². The van der Waals surface area contributed by atoms with Gasteiger partial charge in [-0.1, -0.05) is 24.3 Å². The number of halogens is 1. The monoisotopic (exact) mass is 423 g/mol. The van der Waals surface area contributed by atoms with Gasteiger partial charge in [0.2, 0.25) is 0 Å². The van der Waals surface area contributed by atoms with Crippen LogP contribution >= 0.6 is 0 Å². The van der Waals surface area contributed by atoms with Crippen LogP contribution in [0, 0.1) is 19.7 Å². The molecule has 4 rings (SSSR count). The third-order valence-electron chi connectivity index (χ3n) is 6.03. The lowest BCUT2D eigenvalue weighted by Gasteiger charge is -2.36. The Hall–Kier alpha value is -3.03. The van der Waals surface area contributed by atoms with Gasteiger partial charge in [0.05, 0.1) is 17.9 Å². The Morgan fingerprint density at radius 1 is 0.935 bits per heavy atom.